The number of benzene rings is 3. The van der Waals surface area contributed by atoms with E-state index in [1.54, 1.807) is 4.68 Å². The first-order valence-corrected chi connectivity index (χ1v) is 12.1. The number of hydrogen-bond donors (Lipinski definition) is 0. The Morgan fingerprint density at radius 1 is 1.08 bits per heavy atom. The summed E-state index contributed by atoms with van der Waals surface area (Å²) in [4.78, 5) is 4.71. The summed E-state index contributed by atoms with van der Waals surface area (Å²) in [6.45, 7) is 2.65. The molecule has 36 heavy (non-hydrogen) atoms. The van der Waals surface area contributed by atoms with E-state index in [1.807, 2.05) is 96.7 Å². The van der Waals surface area contributed by atoms with Crippen molar-refractivity contribution >= 4 is 34.3 Å². The van der Waals surface area contributed by atoms with Crippen LogP contribution in [0.3, 0.4) is 0 Å². The molecule has 2 aromatic heterocycles. The zero-order valence-electron chi connectivity index (χ0n) is 20.0. The summed E-state index contributed by atoms with van der Waals surface area (Å²) < 4.78 is 9.48. The summed E-state index contributed by atoms with van der Waals surface area (Å²) in [5, 5.41) is 15.5. The van der Waals surface area contributed by atoms with Crippen LogP contribution in [-0.2, 0) is 7.05 Å². The number of fused-ring (bicyclic) bond motifs is 1. The first-order valence-electron chi connectivity index (χ1n) is 11.7. The van der Waals surface area contributed by atoms with Gasteiger partial charge in [0, 0.05) is 24.4 Å². The highest BCUT2D eigenvalue weighted by Crippen LogP contribution is 2.33. The first-order chi connectivity index (χ1) is 17.6. The van der Waals surface area contributed by atoms with Crippen LogP contribution in [0.4, 0.5) is 0 Å². The molecule has 178 valence electrons. The second kappa shape index (κ2) is 10.1. The highest BCUT2D eigenvalue weighted by atomic mass is 35.5. The molecule has 6 nitrogen and oxygen atoms in total. The minimum Gasteiger partial charge on any atom is -0.492 e. The maximum Gasteiger partial charge on any atom is 0.151 e. The minimum atomic E-state index is 0.441. The van der Waals surface area contributed by atoms with Gasteiger partial charge in [0.15, 0.2) is 5.82 Å². The Morgan fingerprint density at radius 2 is 1.86 bits per heavy atom. The van der Waals surface area contributed by atoms with Crippen molar-refractivity contribution in [3.63, 3.8) is 0 Å². The van der Waals surface area contributed by atoms with Crippen molar-refractivity contribution in [1.82, 2.24) is 19.3 Å². The molecule has 0 aliphatic rings. The van der Waals surface area contributed by atoms with Gasteiger partial charge < -0.3 is 9.30 Å². The van der Waals surface area contributed by atoms with Gasteiger partial charge in [0.25, 0.3) is 0 Å². The van der Waals surface area contributed by atoms with Crippen LogP contribution in [0.15, 0.2) is 79.0 Å². The molecule has 0 fully saturated rings. The van der Waals surface area contributed by atoms with E-state index in [4.69, 9.17) is 26.4 Å². The lowest BCUT2D eigenvalue weighted by Crippen LogP contribution is -1.96. The zero-order valence-corrected chi connectivity index (χ0v) is 20.8. The van der Waals surface area contributed by atoms with Crippen LogP contribution >= 0.6 is 11.6 Å². The number of imidazole rings is 1. The normalized spacial score (nSPS) is 11.6. The molecule has 2 heterocycles. The standard InChI is InChI=1S/C29H24ClN5O/c1-3-15-36-27-14-13-20(17-24(27)30)28-22(19-35(33-28)23-9-5-4-6-10-23)16-21(18-31)29-32-25-11-7-8-12-26(25)34(29)2/h4-14,16-17,19H,3,15H2,1-2H3/b21-16-. The van der Waals surface area contributed by atoms with Gasteiger partial charge in [-0.15, -0.1) is 0 Å². The molecule has 0 unspecified atom stereocenters. The second-order valence-electron chi connectivity index (χ2n) is 8.36. The quantitative estimate of drug-likeness (QED) is 0.230. The number of aromatic nitrogens is 4. The van der Waals surface area contributed by atoms with Crippen LogP contribution in [0.25, 0.3) is 39.6 Å². The topological polar surface area (TPSA) is 68.7 Å². The molecule has 0 aliphatic carbocycles. The van der Waals surface area contributed by atoms with Crippen LogP contribution < -0.4 is 4.74 Å². The number of para-hydroxylation sites is 3. The van der Waals surface area contributed by atoms with Gasteiger partial charge in [-0.2, -0.15) is 10.4 Å². The van der Waals surface area contributed by atoms with E-state index in [1.165, 1.54) is 0 Å². The molecule has 0 aliphatic heterocycles. The lowest BCUT2D eigenvalue weighted by molar-refractivity contribution is 0.317. The fourth-order valence-electron chi connectivity index (χ4n) is 4.10. The average molecular weight is 494 g/mol. The van der Waals surface area contributed by atoms with E-state index in [-0.39, 0.29) is 0 Å². The second-order valence-corrected chi connectivity index (χ2v) is 8.77. The summed E-state index contributed by atoms with van der Waals surface area (Å²) in [6.07, 6.45) is 4.64. The Bertz CT molecular complexity index is 1610. The summed E-state index contributed by atoms with van der Waals surface area (Å²) in [5.41, 5.74) is 5.46. The summed E-state index contributed by atoms with van der Waals surface area (Å²) in [5.74, 6) is 1.23. The molecule has 7 heteroatoms. The smallest absolute Gasteiger partial charge is 0.151 e. The van der Waals surface area contributed by atoms with E-state index < -0.39 is 0 Å². The average Bonchev–Trinajstić information content (AvgIpc) is 3.48. The van der Waals surface area contributed by atoms with Crippen molar-refractivity contribution in [2.45, 2.75) is 13.3 Å². The first kappa shape index (κ1) is 23.4. The van der Waals surface area contributed by atoms with E-state index in [0.29, 0.717) is 34.5 Å². The number of hydrogen-bond acceptors (Lipinski definition) is 4. The Hall–Kier alpha value is -4.34. The highest BCUT2D eigenvalue weighted by Gasteiger charge is 2.17. The van der Waals surface area contributed by atoms with Crippen LogP contribution in [0, 0.1) is 11.3 Å². The number of nitrogens with zero attached hydrogens (tertiary/aromatic N) is 5. The highest BCUT2D eigenvalue weighted by molar-refractivity contribution is 6.32. The number of aryl methyl sites for hydroxylation is 1. The van der Waals surface area contributed by atoms with Crippen LogP contribution in [-0.4, -0.2) is 25.9 Å². The third kappa shape index (κ3) is 4.49. The summed E-state index contributed by atoms with van der Waals surface area (Å²) in [7, 11) is 1.92. The third-order valence-electron chi connectivity index (χ3n) is 5.88. The Balaban J connectivity index is 1.65. The maximum absolute atomic E-state index is 10.1. The van der Waals surface area contributed by atoms with Crippen molar-refractivity contribution in [3.05, 3.63) is 95.4 Å². The van der Waals surface area contributed by atoms with Gasteiger partial charge in [-0.05, 0) is 55.0 Å². The molecule has 0 saturated carbocycles. The number of halogens is 1. The van der Waals surface area contributed by atoms with Crippen molar-refractivity contribution in [1.29, 1.82) is 5.26 Å². The van der Waals surface area contributed by atoms with Gasteiger partial charge in [-0.3, -0.25) is 0 Å². The van der Waals surface area contributed by atoms with Crippen molar-refractivity contribution in [2.75, 3.05) is 6.61 Å². The van der Waals surface area contributed by atoms with Gasteiger partial charge in [-0.25, -0.2) is 9.67 Å². The van der Waals surface area contributed by atoms with Gasteiger partial charge >= 0.3 is 0 Å². The minimum absolute atomic E-state index is 0.441. The fourth-order valence-corrected chi connectivity index (χ4v) is 4.33. The molecular formula is C29H24ClN5O. The molecule has 0 spiro atoms. The number of nitriles is 1. The summed E-state index contributed by atoms with van der Waals surface area (Å²) in [6, 6.07) is 25.7. The molecule has 0 amide bonds. The van der Waals surface area contributed by atoms with E-state index in [0.717, 1.165) is 34.3 Å². The van der Waals surface area contributed by atoms with E-state index >= 15 is 0 Å². The molecule has 5 aromatic rings. The fraction of sp³-hybridized carbons (Fsp3) is 0.138. The SMILES string of the molecule is CCCOc1ccc(-c2nn(-c3ccccc3)cc2/C=C(/C#N)c2nc3ccccc3n2C)cc1Cl. The summed E-state index contributed by atoms with van der Waals surface area (Å²) >= 11 is 6.55. The Labute approximate surface area is 214 Å². The lowest BCUT2D eigenvalue weighted by Gasteiger charge is -2.08. The molecule has 5 rings (SSSR count). The number of ether oxygens (including phenoxy) is 1. The van der Waals surface area contributed by atoms with Crippen molar-refractivity contribution in [3.8, 4) is 28.8 Å². The van der Waals surface area contributed by atoms with E-state index in [2.05, 4.69) is 13.0 Å². The maximum atomic E-state index is 10.1. The largest absolute Gasteiger partial charge is 0.492 e. The van der Waals surface area contributed by atoms with Gasteiger partial charge in [0.1, 0.15) is 17.5 Å². The zero-order chi connectivity index (χ0) is 25.1. The molecule has 0 atom stereocenters. The van der Waals surface area contributed by atoms with Gasteiger partial charge in [-0.1, -0.05) is 48.9 Å². The monoisotopic (exact) mass is 493 g/mol. The van der Waals surface area contributed by atoms with Crippen molar-refractivity contribution in [2.24, 2.45) is 7.05 Å². The van der Waals surface area contributed by atoms with Crippen LogP contribution in [0.2, 0.25) is 5.02 Å². The molecule has 3 aromatic carbocycles. The van der Waals surface area contributed by atoms with Crippen LogP contribution in [0.1, 0.15) is 24.7 Å². The van der Waals surface area contributed by atoms with Gasteiger partial charge in [0.2, 0.25) is 0 Å². The van der Waals surface area contributed by atoms with Crippen molar-refractivity contribution < 1.29 is 4.74 Å². The predicted molar refractivity (Wildman–Crippen MR) is 144 cm³/mol. The van der Waals surface area contributed by atoms with Crippen LogP contribution in [0.5, 0.6) is 5.75 Å². The van der Waals surface area contributed by atoms with E-state index in [9.17, 15) is 5.26 Å². The molecule has 0 N–H and O–H groups in total. The number of rotatable bonds is 7. The Kier molecular flexibility index (Phi) is 6.57. The third-order valence-corrected chi connectivity index (χ3v) is 6.17. The predicted octanol–water partition coefficient (Wildman–Crippen LogP) is 6.93. The molecule has 0 saturated heterocycles. The number of allylic oxidation sites excluding steroid dienone is 1. The molecular weight excluding hydrogens is 470 g/mol. The molecule has 0 radical (unpaired) electrons. The lowest BCUT2D eigenvalue weighted by atomic mass is 10.1. The van der Waals surface area contributed by atoms with Gasteiger partial charge in [0.05, 0.1) is 33.9 Å². The molecule has 0 bridgehead atoms. The Morgan fingerprint density at radius 3 is 2.58 bits per heavy atom.